The molecule has 2 aliphatic rings. The molecule has 7 heteroatoms. The van der Waals surface area contributed by atoms with Crippen LogP contribution in [0.2, 0.25) is 0 Å². The van der Waals surface area contributed by atoms with E-state index in [2.05, 4.69) is 0 Å². The Balaban J connectivity index is 2.15. The molecule has 1 aromatic rings. The van der Waals surface area contributed by atoms with Crippen LogP contribution in [0.5, 0.6) is 0 Å². The Bertz CT molecular complexity index is 660. The zero-order chi connectivity index (χ0) is 14.5. The molecule has 2 heterocycles. The second-order valence-electron chi connectivity index (χ2n) is 5.29. The number of nitrogens with zero attached hydrogens (tertiary/aromatic N) is 2. The number of hydrogen-bond acceptors (Lipinski definition) is 4. The number of carbonyl (C=O) groups excluding carboxylic acids is 2. The van der Waals surface area contributed by atoms with E-state index in [1.165, 1.54) is 18.4 Å². The predicted octanol–water partition coefficient (Wildman–Crippen LogP) is -0.113. The minimum Gasteiger partial charge on any atom is -0.365 e. The van der Waals surface area contributed by atoms with E-state index < -0.39 is 11.3 Å². The van der Waals surface area contributed by atoms with Crippen molar-refractivity contribution in [2.24, 2.45) is 5.73 Å². The largest absolute Gasteiger partial charge is 0.365 e. The lowest BCUT2D eigenvalue weighted by Gasteiger charge is -2.51. The molecule has 1 fully saturated rings. The van der Waals surface area contributed by atoms with Crippen LogP contribution in [0.1, 0.15) is 40.1 Å². The number of rotatable bonds is 2. The highest BCUT2D eigenvalue weighted by molar-refractivity contribution is 5.96. The van der Waals surface area contributed by atoms with E-state index in [0.29, 0.717) is 6.54 Å². The van der Waals surface area contributed by atoms with E-state index in [-0.39, 0.29) is 22.7 Å². The smallest absolute Gasteiger partial charge is 0.294 e. The van der Waals surface area contributed by atoms with Gasteiger partial charge in [-0.05, 0) is 19.3 Å². The van der Waals surface area contributed by atoms with Crippen molar-refractivity contribution in [3.8, 4) is 0 Å². The zero-order valence-corrected chi connectivity index (χ0v) is 11.1. The lowest BCUT2D eigenvalue weighted by atomic mass is 9.75. The molecule has 7 nitrogen and oxygen atoms in total. The molecule has 0 atom stereocenters. The molecule has 3 rings (SSSR count). The summed E-state index contributed by atoms with van der Waals surface area (Å²) in [5.74, 6) is -1.14. The van der Waals surface area contributed by atoms with Crippen LogP contribution >= 0.6 is 0 Å². The third kappa shape index (κ3) is 1.59. The Morgan fingerprint density at radius 1 is 1.40 bits per heavy atom. The van der Waals surface area contributed by atoms with Gasteiger partial charge in [0.25, 0.3) is 11.8 Å². The standard InChI is InChI=1S/C13H15N3O4/c1-20-16-12(19)9-5-10(17)8(11(14)18)6-15(9)7-13(16)3-2-4-13/h5-6H,2-4,7H2,1H3,(H2,14,18). The van der Waals surface area contributed by atoms with Gasteiger partial charge in [-0.25, -0.2) is 5.06 Å². The molecule has 0 unspecified atom stereocenters. The first-order valence-electron chi connectivity index (χ1n) is 6.41. The second kappa shape index (κ2) is 4.17. The van der Waals surface area contributed by atoms with E-state index in [0.717, 1.165) is 25.3 Å². The van der Waals surface area contributed by atoms with Gasteiger partial charge in [-0.1, -0.05) is 0 Å². The average molecular weight is 277 g/mol. The molecule has 1 aliphatic heterocycles. The summed E-state index contributed by atoms with van der Waals surface area (Å²) in [6, 6.07) is 1.15. The van der Waals surface area contributed by atoms with Gasteiger partial charge < -0.3 is 10.3 Å². The van der Waals surface area contributed by atoms with Crippen LogP contribution in [-0.2, 0) is 11.4 Å². The van der Waals surface area contributed by atoms with Crippen molar-refractivity contribution in [2.75, 3.05) is 7.11 Å². The summed E-state index contributed by atoms with van der Waals surface area (Å²) < 4.78 is 1.64. The van der Waals surface area contributed by atoms with Crippen molar-refractivity contribution in [3.63, 3.8) is 0 Å². The monoisotopic (exact) mass is 277 g/mol. The van der Waals surface area contributed by atoms with Crippen LogP contribution in [0.3, 0.4) is 0 Å². The number of hydroxylamine groups is 2. The fourth-order valence-electron chi connectivity index (χ4n) is 3.00. The van der Waals surface area contributed by atoms with Gasteiger partial charge in [0.15, 0.2) is 5.43 Å². The molecule has 0 saturated heterocycles. The third-order valence-electron chi connectivity index (χ3n) is 4.16. The number of amides is 2. The predicted molar refractivity (Wildman–Crippen MR) is 69.0 cm³/mol. The number of aromatic nitrogens is 1. The molecule has 20 heavy (non-hydrogen) atoms. The maximum Gasteiger partial charge on any atom is 0.294 e. The molecule has 1 saturated carbocycles. The maximum atomic E-state index is 12.4. The Morgan fingerprint density at radius 2 is 2.10 bits per heavy atom. The molecule has 1 spiro atoms. The zero-order valence-electron chi connectivity index (χ0n) is 11.1. The van der Waals surface area contributed by atoms with Gasteiger partial charge in [0.2, 0.25) is 0 Å². The van der Waals surface area contributed by atoms with Crippen molar-refractivity contribution >= 4 is 11.8 Å². The molecule has 106 valence electrons. The Labute approximate surface area is 114 Å². The normalized spacial score (nSPS) is 19.6. The van der Waals surface area contributed by atoms with E-state index >= 15 is 0 Å². The fourth-order valence-corrected chi connectivity index (χ4v) is 3.00. The Morgan fingerprint density at radius 3 is 2.60 bits per heavy atom. The van der Waals surface area contributed by atoms with E-state index in [9.17, 15) is 14.4 Å². The van der Waals surface area contributed by atoms with E-state index in [4.69, 9.17) is 10.6 Å². The average Bonchev–Trinajstić information content (AvgIpc) is 2.36. The highest BCUT2D eigenvalue weighted by atomic mass is 16.7. The van der Waals surface area contributed by atoms with Crippen LogP contribution in [0.4, 0.5) is 0 Å². The first-order chi connectivity index (χ1) is 9.48. The second-order valence-corrected chi connectivity index (χ2v) is 5.29. The molecular formula is C13H15N3O4. The highest BCUT2D eigenvalue weighted by Gasteiger charge is 2.50. The summed E-state index contributed by atoms with van der Waals surface area (Å²) in [7, 11) is 1.45. The number of primary amides is 1. The minimum atomic E-state index is -0.783. The molecule has 0 bridgehead atoms. The highest BCUT2D eigenvalue weighted by Crippen LogP contribution is 2.42. The third-order valence-corrected chi connectivity index (χ3v) is 4.16. The summed E-state index contributed by atoms with van der Waals surface area (Å²) in [6.45, 7) is 0.502. The molecule has 0 aromatic carbocycles. The summed E-state index contributed by atoms with van der Waals surface area (Å²) in [6.07, 6.45) is 4.07. The Hall–Kier alpha value is -2.15. The van der Waals surface area contributed by atoms with Crippen molar-refractivity contribution in [3.05, 3.63) is 33.7 Å². The van der Waals surface area contributed by atoms with Crippen LogP contribution in [0.15, 0.2) is 17.1 Å². The lowest BCUT2D eigenvalue weighted by molar-refractivity contribution is -0.197. The van der Waals surface area contributed by atoms with Gasteiger partial charge in [-0.3, -0.25) is 19.2 Å². The molecular weight excluding hydrogens is 262 g/mol. The van der Waals surface area contributed by atoms with Crippen molar-refractivity contribution in [2.45, 2.75) is 31.3 Å². The Kier molecular flexibility index (Phi) is 2.68. The topological polar surface area (TPSA) is 94.6 Å². The molecule has 0 radical (unpaired) electrons. The van der Waals surface area contributed by atoms with Gasteiger partial charge in [-0.15, -0.1) is 0 Å². The number of carbonyl (C=O) groups is 2. The van der Waals surface area contributed by atoms with Crippen molar-refractivity contribution in [1.82, 2.24) is 9.63 Å². The van der Waals surface area contributed by atoms with Gasteiger partial charge >= 0.3 is 0 Å². The van der Waals surface area contributed by atoms with E-state index in [1.807, 2.05) is 0 Å². The number of fused-ring (bicyclic) bond motifs is 1. The molecule has 1 aromatic heterocycles. The number of nitrogens with two attached hydrogens (primary N) is 1. The molecule has 1 aliphatic carbocycles. The van der Waals surface area contributed by atoms with Crippen LogP contribution < -0.4 is 11.2 Å². The van der Waals surface area contributed by atoms with Crippen LogP contribution in [-0.4, -0.2) is 34.1 Å². The quantitative estimate of drug-likeness (QED) is 0.815. The van der Waals surface area contributed by atoms with Gasteiger partial charge in [0.05, 0.1) is 12.6 Å². The number of pyridine rings is 1. The summed E-state index contributed by atoms with van der Waals surface area (Å²) >= 11 is 0. The first kappa shape index (κ1) is 12.9. The SMILES string of the molecule is CON1C(=O)c2cc(=O)c(C(N)=O)cn2CC12CCC2. The summed E-state index contributed by atoms with van der Waals surface area (Å²) in [5, 5.41) is 1.36. The fraction of sp³-hybridized carbons (Fsp3) is 0.462. The summed E-state index contributed by atoms with van der Waals surface area (Å²) in [5.41, 5.74) is 4.39. The molecule has 2 amide bonds. The minimum absolute atomic E-state index is 0.0955. The van der Waals surface area contributed by atoms with Gasteiger partial charge in [0, 0.05) is 18.8 Å². The summed E-state index contributed by atoms with van der Waals surface area (Å²) in [4.78, 5) is 40.7. The van der Waals surface area contributed by atoms with E-state index in [1.54, 1.807) is 4.57 Å². The van der Waals surface area contributed by atoms with Crippen molar-refractivity contribution < 1.29 is 14.4 Å². The number of hydrogen-bond donors (Lipinski definition) is 1. The van der Waals surface area contributed by atoms with Gasteiger partial charge in [-0.2, -0.15) is 0 Å². The van der Waals surface area contributed by atoms with Crippen LogP contribution in [0, 0.1) is 0 Å². The van der Waals surface area contributed by atoms with Crippen molar-refractivity contribution in [1.29, 1.82) is 0 Å². The van der Waals surface area contributed by atoms with Crippen LogP contribution in [0.25, 0.3) is 0 Å². The van der Waals surface area contributed by atoms with Gasteiger partial charge in [0.1, 0.15) is 11.3 Å². The maximum absolute atomic E-state index is 12.4. The molecule has 2 N–H and O–H groups in total. The first-order valence-corrected chi connectivity index (χ1v) is 6.41. The lowest BCUT2D eigenvalue weighted by Crippen LogP contribution is -2.61.